The summed E-state index contributed by atoms with van der Waals surface area (Å²) in [7, 11) is 0. The number of nitrogens with zero attached hydrogens (tertiary/aromatic N) is 1. The monoisotopic (exact) mass is 910 g/mol. The molecule has 0 bridgehead atoms. The number of nitrogens with two attached hydrogens (primary N) is 1. The van der Waals surface area contributed by atoms with Gasteiger partial charge in [-0.05, 0) is 99.5 Å². The molecule has 1 aliphatic heterocycles. The minimum atomic E-state index is -1.49. The third-order valence-electron chi connectivity index (χ3n) is 9.65. The molecule has 0 saturated carbocycles. The molecule has 0 atom stereocenters. The van der Waals surface area contributed by atoms with Crippen LogP contribution >= 0.6 is 0 Å². The van der Waals surface area contributed by atoms with Crippen LogP contribution in [0.4, 0.5) is 20.2 Å². The van der Waals surface area contributed by atoms with Gasteiger partial charge in [0.2, 0.25) is 0 Å². The summed E-state index contributed by atoms with van der Waals surface area (Å²) in [5, 5.41) is 37.5. The van der Waals surface area contributed by atoms with E-state index in [-0.39, 0.29) is 89.9 Å². The molecule has 0 saturated heterocycles. The van der Waals surface area contributed by atoms with Crippen LogP contribution in [0.15, 0.2) is 84.9 Å². The fourth-order valence-corrected chi connectivity index (χ4v) is 7.09. The Hall–Kier alpha value is -8.28. The van der Waals surface area contributed by atoms with Gasteiger partial charge in [-0.2, -0.15) is 0 Å². The van der Waals surface area contributed by atoms with E-state index in [9.17, 15) is 47.8 Å². The molecule has 0 aromatic heterocycles. The van der Waals surface area contributed by atoms with Gasteiger partial charge in [0.15, 0.2) is 0 Å². The maximum atomic E-state index is 14.1. The smallest absolute Gasteiger partial charge is 0.340 e. The highest BCUT2D eigenvalue weighted by atomic mass is 19.1. The van der Waals surface area contributed by atoms with E-state index in [0.29, 0.717) is 22.0 Å². The SMILES string of the molecule is CCOc1c(C(=O)O)c(C(=O)O)c(OCC)c2cc(F)ccc12.CCOc1c2c(c(OCC)c3cc(F)ccc13)C(=O)N(c1ccc(CC(=O)O)cc1)C2=O.Nc1ccc(CC(=O)O)cc1. The first-order valence-corrected chi connectivity index (χ1v) is 20.3. The summed E-state index contributed by atoms with van der Waals surface area (Å²) < 4.78 is 49.8. The number of fused-ring (bicyclic) bond motifs is 3. The molecule has 1 aliphatic rings. The zero-order valence-electron chi connectivity index (χ0n) is 36.0. The fraction of sp³-hybridized carbons (Fsp3) is 0.208. The number of aliphatic carboxylic acids is 2. The lowest BCUT2D eigenvalue weighted by Crippen LogP contribution is -2.29. The molecule has 7 rings (SSSR count). The van der Waals surface area contributed by atoms with Gasteiger partial charge in [-0.1, -0.05) is 24.3 Å². The van der Waals surface area contributed by atoms with Gasteiger partial charge in [-0.15, -0.1) is 0 Å². The normalized spacial score (nSPS) is 11.5. The number of hydrogen-bond donors (Lipinski definition) is 5. The molecule has 6 aromatic carbocycles. The van der Waals surface area contributed by atoms with Gasteiger partial charge in [-0.25, -0.2) is 23.3 Å². The molecule has 6 N–H and O–H groups in total. The van der Waals surface area contributed by atoms with Crippen molar-refractivity contribution < 1.29 is 76.9 Å². The highest BCUT2D eigenvalue weighted by Crippen LogP contribution is 2.46. The van der Waals surface area contributed by atoms with E-state index in [1.54, 1.807) is 64.1 Å². The summed E-state index contributed by atoms with van der Waals surface area (Å²) >= 11 is 0. The number of benzene rings is 6. The van der Waals surface area contributed by atoms with Crippen molar-refractivity contribution in [3.8, 4) is 23.0 Å². The number of anilines is 2. The van der Waals surface area contributed by atoms with Gasteiger partial charge in [0.1, 0.15) is 45.8 Å². The lowest BCUT2D eigenvalue weighted by molar-refractivity contribution is -0.137. The van der Waals surface area contributed by atoms with Gasteiger partial charge in [0, 0.05) is 27.2 Å². The molecule has 66 heavy (non-hydrogen) atoms. The van der Waals surface area contributed by atoms with Gasteiger partial charge < -0.3 is 45.1 Å². The van der Waals surface area contributed by atoms with Crippen molar-refractivity contribution in [1.29, 1.82) is 0 Å². The zero-order chi connectivity index (χ0) is 48.4. The first-order chi connectivity index (χ1) is 31.5. The first-order valence-electron chi connectivity index (χ1n) is 20.3. The maximum Gasteiger partial charge on any atom is 0.340 e. The highest BCUT2D eigenvalue weighted by molar-refractivity contribution is 6.38. The van der Waals surface area contributed by atoms with Crippen LogP contribution in [0.3, 0.4) is 0 Å². The van der Waals surface area contributed by atoms with Gasteiger partial charge in [-0.3, -0.25) is 19.2 Å². The number of nitrogen functional groups attached to an aromatic ring is 1. The Kier molecular flexibility index (Phi) is 15.8. The first kappa shape index (κ1) is 48.7. The summed E-state index contributed by atoms with van der Waals surface area (Å²) in [6, 6.07) is 20.5. The summed E-state index contributed by atoms with van der Waals surface area (Å²) in [4.78, 5) is 72.2. The van der Waals surface area contributed by atoms with E-state index in [2.05, 4.69) is 0 Å². The quantitative estimate of drug-likeness (QED) is 0.0480. The van der Waals surface area contributed by atoms with E-state index in [1.807, 2.05) is 0 Å². The highest BCUT2D eigenvalue weighted by Gasteiger charge is 2.43. The molecule has 2 amide bonds. The Morgan fingerprint density at radius 2 is 0.864 bits per heavy atom. The molecule has 1 heterocycles. The molecule has 0 unspecified atom stereocenters. The summed E-state index contributed by atoms with van der Waals surface area (Å²) in [6.45, 7) is 7.40. The number of amides is 2. The molecule has 0 radical (unpaired) electrons. The molecular weight excluding hydrogens is 867 g/mol. The molecule has 0 spiro atoms. The Labute approximate surface area is 375 Å². The van der Waals surface area contributed by atoms with Crippen LogP contribution in [-0.2, 0) is 22.4 Å². The number of rotatable bonds is 15. The number of carbonyl (C=O) groups is 6. The minimum absolute atomic E-state index is 0.0213. The predicted molar refractivity (Wildman–Crippen MR) is 238 cm³/mol. The molecule has 0 aliphatic carbocycles. The second-order valence-corrected chi connectivity index (χ2v) is 14.0. The van der Waals surface area contributed by atoms with Gasteiger partial charge >= 0.3 is 23.9 Å². The number of hydrogen-bond acceptors (Lipinski definition) is 11. The zero-order valence-corrected chi connectivity index (χ0v) is 36.0. The molecular formula is C48H44F2N2O14. The number of ether oxygens (including phenoxy) is 4. The second kappa shape index (κ2) is 21.4. The summed E-state index contributed by atoms with van der Waals surface area (Å²) in [5.74, 6) is -7.05. The number of halogens is 2. The summed E-state index contributed by atoms with van der Waals surface area (Å²) in [5.41, 5.74) is 6.66. The largest absolute Gasteiger partial charge is 0.492 e. The predicted octanol–water partition coefficient (Wildman–Crippen LogP) is 8.27. The number of carboxylic acid groups (broad SMARTS) is 4. The lowest BCUT2D eigenvalue weighted by Gasteiger charge is -2.18. The van der Waals surface area contributed by atoms with Crippen LogP contribution in [0.1, 0.15) is 80.3 Å². The number of imide groups is 1. The van der Waals surface area contributed by atoms with Crippen LogP contribution in [-0.4, -0.2) is 82.5 Å². The van der Waals surface area contributed by atoms with Crippen molar-refractivity contribution in [2.24, 2.45) is 0 Å². The number of carboxylic acids is 4. The Balaban J connectivity index is 0.000000209. The van der Waals surface area contributed by atoms with Crippen molar-refractivity contribution in [3.63, 3.8) is 0 Å². The van der Waals surface area contributed by atoms with Crippen molar-refractivity contribution in [1.82, 2.24) is 0 Å². The Bertz CT molecular complexity index is 2850. The van der Waals surface area contributed by atoms with Crippen LogP contribution in [0.2, 0.25) is 0 Å². The Morgan fingerprint density at radius 1 is 0.515 bits per heavy atom. The average Bonchev–Trinajstić information content (AvgIpc) is 3.52. The van der Waals surface area contributed by atoms with E-state index in [4.69, 9.17) is 34.9 Å². The molecule has 344 valence electrons. The topological polar surface area (TPSA) is 250 Å². The third-order valence-corrected chi connectivity index (χ3v) is 9.65. The van der Waals surface area contributed by atoms with E-state index < -0.39 is 58.5 Å². The van der Waals surface area contributed by atoms with E-state index in [1.165, 1.54) is 36.4 Å². The van der Waals surface area contributed by atoms with Crippen molar-refractivity contribution in [2.45, 2.75) is 40.5 Å². The molecule has 18 heteroatoms. The molecule has 16 nitrogen and oxygen atoms in total. The van der Waals surface area contributed by atoms with Crippen LogP contribution in [0.5, 0.6) is 23.0 Å². The van der Waals surface area contributed by atoms with E-state index >= 15 is 0 Å². The molecule has 6 aromatic rings. The molecule has 0 fully saturated rings. The van der Waals surface area contributed by atoms with Gasteiger partial charge in [0.05, 0.1) is 56.1 Å². The number of carbonyl (C=O) groups excluding carboxylic acids is 2. The van der Waals surface area contributed by atoms with Crippen molar-refractivity contribution >= 4 is 68.6 Å². The van der Waals surface area contributed by atoms with Crippen LogP contribution in [0, 0.1) is 11.6 Å². The van der Waals surface area contributed by atoms with Crippen LogP contribution < -0.4 is 29.6 Å². The number of aromatic carboxylic acids is 2. The average molecular weight is 911 g/mol. The van der Waals surface area contributed by atoms with E-state index in [0.717, 1.165) is 22.6 Å². The third kappa shape index (κ3) is 10.6. The second-order valence-electron chi connectivity index (χ2n) is 14.0. The maximum absolute atomic E-state index is 14.1. The lowest BCUT2D eigenvalue weighted by atomic mass is 9.97. The Morgan fingerprint density at radius 3 is 1.26 bits per heavy atom. The van der Waals surface area contributed by atoms with Crippen LogP contribution in [0.25, 0.3) is 21.5 Å². The minimum Gasteiger partial charge on any atom is -0.492 e. The van der Waals surface area contributed by atoms with Crippen molar-refractivity contribution in [3.05, 3.63) is 130 Å². The fourth-order valence-electron chi connectivity index (χ4n) is 7.09. The van der Waals surface area contributed by atoms with Crippen molar-refractivity contribution in [2.75, 3.05) is 37.1 Å². The standard InChI is InChI=1S/C24H20FNO6.C16H15FO6.C8H9NO2/c1-3-31-21-16-10-7-14(25)12-17(16)22(32-4-2)20-19(21)23(29)26(24(20)30)15-8-5-13(6-9-15)11-18(27)28;1-3-22-13-9-6-5-8(17)7-10(9)14(23-4-2)12(16(20)21)11(13)15(18)19;9-7-3-1-6(2-4-7)5-8(10)11/h5-10,12H,3-4,11H2,1-2H3,(H,27,28);5-7H,3-4H2,1-2H3,(H,18,19)(H,20,21);1-4H,5,9H2,(H,10,11). The van der Waals surface area contributed by atoms with Gasteiger partial charge in [0.25, 0.3) is 11.8 Å². The summed E-state index contributed by atoms with van der Waals surface area (Å²) in [6.07, 6.45) is -0.122.